The van der Waals surface area contributed by atoms with Crippen LogP contribution in [0.3, 0.4) is 0 Å². The largest absolute Gasteiger partial charge is 0.497 e. The number of carbonyl (C=O) groups is 2. The minimum atomic E-state index is -0.344. The Balaban J connectivity index is 1.72. The second-order valence-electron chi connectivity index (χ2n) is 6.51. The van der Waals surface area contributed by atoms with Crippen LogP contribution in [0.15, 0.2) is 71.3 Å². The molecule has 160 valence electrons. The number of hydrogen-bond acceptors (Lipinski definition) is 5. The van der Waals surface area contributed by atoms with Crippen molar-refractivity contribution in [3.63, 3.8) is 0 Å². The number of aromatic nitrogens is 1. The first-order valence-electron chi connectivity index (χ1n) is 9.61. The van der Waals surface area contributed by atoms with E-state index in [-0.39, 0.29) is 29.8 Å². The van der Waals surface area contributed by atoms with Crippen molar-refractivity contribution in [3.8, 4) is 17.4 Å². The molecule has 0 atom stereocenters. The van der Waals surface area contributed by atoms with E-state index in [9.17, 15) is 9.59 Å². The highest BCUT2D eigenvalue weighted by molar-refractivity contribution is 9.10. The van der Waals surface area contributed by atoms with Gasteiger partial charge in [-0.2, -0.15) is 0 Å². The summed E-state index contributed by atoms with van der Waals surface area (Å²) in [6.07, 6.45) is 1.55. The van der Waals surface area contributed by atoms with E-state index in [0.29, 0.717) is 23.7 Å². The highest BCUT2D eigenvalue weighted by Gasteiger charge is 2.22. The number of benzene rings is 2. The van der Waals surface area contributed by atoms with Gasteiger partial charge in [-0.3, -0.25) is 9.59 Å². The Kier molecular flexibility index (Phi) is 7.61. The first-order valence-corrected chi connectivity index (χ1v) is 10.4. The van der Waals surface area contributed by atoms with Crippen molar-refractivity contribution in [2.45, 2.75) is 6.92 Å². The third-order valence-corrected chi connectivity index (χ3v) is 4.92. The number of nitrogens with one attached hydrogen (secondary N) is 1. The van der Waals surface area contributed by atoms with E-state index >= 15 is 0 Å². The maximum absolute atomic E-state index is 13.1. The third-order valence-electron chi connectivity index (χ3n) is 4.39. The van der Waals surface area contributed by atoms with E-state index in [4.69, 9.17) is 9.47 Å². The van der Waals surface area contributed by atoms with Gasteiger partial charge in [-0.1, -0.05) is 22.0 Å². The van der Waals surface area contributed by atoms with Gasteiger partial charge < -0.3 is 19.7 Å². The molecule has 0 aliphatic rings. The van der Waals surface area contributed by atoms with Gasteiger partial charge in [-0.15, -0.1) is 0 Å². The van der Waals surface area contributed by atoms with E-state index in [1.165, 1.54) is 4.90 Å². The van der Waals surface area contributed by atoms with Crippen LogP contribution in [-0.2, 0) is 4.79 Å². The fourth-order valence-electron chi connectivity index (χ4n) is 2.82. The summed E-state index contributed by atoms with van der Waals surface area (Å²) in [5.74, 6) is 0.703. The summed E-state index contributed by atoms with van der Waals surface area (Å²) >= 11 is 3.37. The average molecular weight is 484 g/mol. The van der Waals surface area contributed by atoms with Crippen molar-refractivity contribution in [2.24, 2.45) is 0 Å². The van der Waals surface area contributed by atoms with Gasteiger partial charge in [0, 0.05) is 29.0 Å². The number of likely N-dealkylation sites (N-methyl/N-ethyl adjacent to an activating group) is 1. The Hall–Kier alpha value is -3.39. The number of pyridine rings is 1. The fourth-order valence-corrected chi connectivity index (χ4v) is 3.09. The van der Waals surface area contributed by atoms with E-state index in [0.717, 1.165) is 4.47 Å². The van der Waals surface area contributed by atoms with Crippen LogP contribution in [0.2, 0.25) is 0 Å². The second-order valence-corrected chi connectivity index (χ2v) is 7.43. The van der Waals surface area contributed by atoms with Crippen LogP contribution in [-0.4, -0.2) is 41.9 Å². The van der Waals surface area contributed by atoms with Crippen LogP contribution in [0.25, 0.3) is 0 Å². The molecule has 0 fully saturated rings. The third kappa shape index (κ3) is 6.05. The molecule has 7 nitrogen and oxygen atoms in total. The van der Waals surface area contributed by atoms with Gasteiger partial charge in [-0.25, -0.2) is 4.98 Å². The lowest BCUT2D eigenvalue weighted by Gasteiger charge is -2.21. The Morgan fingerprint density at radius 1 is 1.06 bits per heavy atom. The van der Waals surface area contributed by atoms with E-state index < -0.39 is 0 Å². The molecule has 31 heavy (non-hydrogen) atoms. The lowest BCUT2D eigenvalue weighted by atomic mass is 10.2. The molecule has 3 aromatic rings. The number of nitrogens with zero attached hydrogens (tertiary/aromatic N) is 2. The van der Waals surface area contributed by atoms with Crippen LogP contribution in [0.4, 0.5) is 5.69 Å². The molecule has 2 aromatic carbocycles. The van der Waals surface area contributed by atoms with Gasteiger partial charge in [0.15, 0.2) is 0 Å². The molecular formula is C23H22BrN3O4. The minimum absolute atomic E-state index is 0.112. The van der Waals surface area contributed by atoms with Gasteiger partial charge >= 0.3 is 0 Å². The van der Waals surface area contributed by atoms with Gasteiger partial charge in [0.25, 0.3) is 5.91 Å². The molecule has 0 radical (unpaired) electrons. The summed E-state index contributed by atoms with van der Waals surface area (Å²) in [6.45, 7) is 2.04. The molecule has 0 aliphatic heterocycles. The molecule has 0 saturated heterocycles. The zero-order chi connectivity index (χ0) is 22.2. The average Bonchev–Trinajstić information content (AvgIpc) is 2.79. The number of methoxy groups -OCH3 is 1. The predicted octanol–water partition coefficient (Wildman–Crippen LogP) is 4.75. The van der Waals surface area contributed by atoms with E-state index in [2.05, 4.69) is 26.2 Å². The van der Waals surface area contributed by atoms with E-state index in [1.54, 1.807) is 61.8 Å². The molecule has 0 bridgehead atoms. The Morgan fingerprint density at radius 2 is 1.84 bits per heavy atom. The summed E-state index contributed by atoms with van der Waals surface area (Å²) in [4.78, 5) is 31.3. The molecule has 1 aromatic heterocycles. The highest BCUT2D eigenvalue weighted by atomic mass is 79.9. The highest BCUT2D eigenvalue weighted by Crippen LogP contribution is 2.25. The minimum Gasteiger partial charge on any atom is -0.497 e. The zero-order valence-electron chi connectivity index (χ0n) is 17.2. The number of halogens is 1. The summed E-state index contributed by atoms with van der Waals surface area (Å²) in [7, 11) is 1.56. The van der Waals surface area contributed by atoms with Crippen LogP contribution < -0.4 is 14.8 Å². The Morgan fingerprint density at radius 3 is 2.55 bits per heavy atom. The van der Waals surface area contributed by atoms with Crippen LogP contribution in [0.1, 0.15) is 17.3 Å². The van der Waals surface area contributed by atoms with Gasteiger partial charge in [0.05, 0.1) is 7.11 Å². The molecule has 8 heteroatoms. The quantitative estimate of drug-likeness (QED) is 0.500. The van der Waals surface area contributed by atoms with Gasteiger partial charge in [0.2, 0.25) is 11.8 Å². The SMILES string of the molecule is CCN(CC(=O)Nc1cccc(OC)c1)C(=O)c1cccnc1Oc1ccc(Br)cc1. The van der Waals surface area contributed by atoms with Crippen LogP contribution in [0, 0.1) is 0 Å². The number of anilines is 1. The van der Waals surface area contributed by atoms with Crippen molar-refractivity contribution in [3.05, 3.63) is 76.9 Å². The molecule has 1 N–H and O–H groups in total. The molecule has 0 unspecified atom stereocenters. The zero-order valence-corrected chi connectivity index (χ0v) is 18.8. The normalized spacial score (nSPS) is 10.3. The van der Waals surface area contributed by atoms with Crippen molar-refractivity contribution in [1.82, 2.24) is 9.88 Å². The van der Waals surface area contributed by atoms with Crippen molar-refractivity contribution in [1.29, 1.82) is 0 Å². The molecule has 1 heterocycles. The summed E-state index contributed by atoms with van der Waals surface area (Å²) in [5.41, 5.74) is 0.870. The summed E-state index contributed by atoms with van der Waals surface area (Å²) in [5, 5.41) is 2.78. The number of hydrogen-bond donors (Lipinski definition) is 1. The number of ether oxygens (including phenoxy) is 2. The predicted molar refractivity (Wildman–Crippen MR) is 122 cm³/mol. The molecule has 0 spiro atoms. The second kappa shape index (κ2) is 10.6. The topological polar surface area (TPSA) is 80.8 Å². The number of amides is 2. The lowest BCUT2D eigenvalue weighted by molar-refractivity contribution is -0.116. The number of rotatable bonds is 8. The van der Waals surface area contributed by atoms with Gasteiger partial charge in [0.1, 0.15) is 23.6 Å². The van der Waals surface area contributed by atoms with E-state index in [1.807, 2.05) is 19.1 Å². The number of carbonyl (C=O) groups excluding carboxylic acids is 2. The van der Waals surface area contributed by atoms with Crippen LogP contribution in [0.5, 0.6) is 17.4 Å². The van der Waals surface area contributed by atoms with Crippen molar-refractivity contribution in [2.75, 3.05) is 25.5 Å². The van der Waals surface area contributed by atoms with Gasteiger partial charge in [-0.05, 0) is 55.5 Å². The first kappa shape index (κ1) is 22.3. The fraction of sp³-hybridized carbons (Fsp3) is 0.174. The molecule has 2 amide bonds. The van der Waals surface area contributed by atoms with Crippen LogP contribution >= 0.6 is 15.9 Å². The smallest absolute Gasteiger partial charge is 0.259 e. The van der Waals surface area contributed by atoms with Crippen molar-refractivity contribution >= 4 is 33.4 Å². The lowest BCUT2D eigenvalue weighted by Crippen LogP contribution is -2.38. The molecule has 3 rings (SSSR count). The first-order chi connectivity index (χ1) is 15.0. The Labute approximate surface area is 189 Å². The maximum atomic E-state index is 13.1. The standard InChI is InChI=1S/C23H22BrN3O4/c1-3-27(15-21(28)26-17-6-4-7-19(14-17)30-2)23(29)20-8-5-13-25-22(20)31-18-11-9-16(24)10-12-18/h4-14H,3,15H2,1-2H3,(H,26,28). The molecular weight excluding hydrogens is 462 g/mol. The summed E-state index contributed by atoms with van der Waals surface area (Å²) < 4.78 is 11.9. The summed E-state index contributed by atoms with van der Waals surface area (Å²) in [6, 6.07) is 17.5. The maximum Gasteiger partial charge on any atom is 0.259 e. The monoisotopic (exact) mass is 483 g/mol. The van der Waals surface area contributed by atoms with Crippen molar-refractivity contribution < 1.29 is 19.1 Å². The Bertz CT molecular complexity index is 1060. The molecule has 0 aliphatic carbocycles. The molecule has 0 saturated carbocycles.